The largest absolute Gasteiger partial charge is 0.348 e. The molecule has 2 heterocycles. The topological polar surface area (TPSA) is 46.1 Å². The molecule has 1 aromatic rings. The van der Waals surface area contributed by atoms with Crippen molar-refractivity contribution >= 4 is 5.91 Å². The number of amides is 1. The highest BCUT2D eigenvalue weighted by Gasteiger charge is 2.20. The maximum Gasteiger partial charge on any atom is 0.268 e. The fraction of sp³-hybridized carbons (Fsp3) is 0.688. The van der Waals surface area contributed by atoms with Gasteiger partial charge in [0.05, 0.1) is 0 Å². The highest BCUT2D eigenvalue weighted by molar-refractivity contribution is 5.93. The molecule has 112 valence electrons. The third-order valence-electron chi connectivity index (χ3n) is 4.08. The molecule has 1 fully saturated rings. The van der Waals surface area contributed by atoms with Gasteiger partial charge in [-0.1, -0.05) is 19.8 Å². The quantitative estimate of drug-likeness (QED) is 0.840. The average molecular weight is 277 g/mol. The molecule has 1 saturated heterocycles. The number of carbonyl (C=O) groups excluding carboxylic acids is 1. The summed E-state index contributed by atoms with van der Waals surface area (Å²) in [7, 11) is 0. The van der Waals surface area contributed by atoms with Crippen molar-refractivity contribution in [3.05, 3.63) is 24.0 Å². The molecule has 4 heteroatoms. The number of nitrogens with zero attached hydrogens (tertiary/aromatic N) is 1. The van der Waals surface area contributed by atoms with Crippen LogP contribution in [0.2, 0.25) is 0 Å². The van der Waals surface area contributed by atoms with E-state index in [1.165, 1.54) is 6.42 Å². The van der Waals surface area contributed by atoms with E-state index >= 15 is 0 Å². The molecule has 1 atom stereocenters. The molecular formula is C16H27N3O. The summed E-state index contributed by atoms with van der Waals surface area (Å²) < 4.78 is 2.16. The van der Waals surface area contributed by atoms with Gasteiger partial charge >= 0.3 is 0 Å². The van der Waals surface area contributed by atoms with Crippen LogP contribution < -0.4 is 10.6 Å². The molecule has 20 heavy (non-hydrogen) atoms. The van der Waals surface area contributed by atoms with Crippen LogP contribution in [0.15, 0.2) is 18.3 Å². The molecule has 0 saturated carbocycles. The Bertz CT molecular complexity index is 421. The van der Waals surface area contributed by atoms with Crippen LogP contribution in [0, 0.1) is 0 Å². The minimum Gasteiger partial charge on any atom is -0.348 e. The molecule has 1 amide bonds. The van der Waals surface area contributed by atoms with Gasteiger partial charge in [0.25, 0.3) is 5.91 Å². The first-order valence-electron chi connectivity index (χ1n) is 7.90. The molecule has 1 aliphatic rings. The van der Waals surface area contributed by atoms with Crippen molar-refractivity contribution in [2.24, 2.45) is 0 Å². The van der Waals surface area contributed by atoms with Crippen molar-refractivity contribution in [3.8, 4) is 0 Å². The van der Waals surface area contributed by atoms with Gasteiger partial charge in [-0.2, -0.15) is 0 Å². The maximum atomic E-state index is 12.4. The second-order valence-corrected chi connectivity index (χ2v) is 5.80. The van der Waals surface area contributed by atoms with Crippen LogP contribution in [0.25, 0.3) is 0 Å². The van der Waals surface area contributed by atoms with E-state index in [-0.39, 0.29) is 11.9 Å². The van der Waals surface area contributed by atoms with Gasteiger partial charge in [-0.25, -0.2) is 0 Å². The zero-order valence-corrected chi connectivity index (χ0v) is 12.7. The highest BCUT2D eigenvalue weighted by atomic mass is 16.2. The molecule has 1 aromatic heterocycles. The second-order valence-electron chi connectivity index (χ2n) is 5.80. The first-order valence-corrected chi connectivity index (χ1v) is 7.90. The lowest BCUT2D eigenvalue weighted by molar-refractivity contribution is 0.0925. The summed E-state index contributed by atoms with van der Waals surface area (Å²) in [5.41, 5.74) is 0.806. The number of aromatic nitrogens is 1. The molecule has 0 aromatic carbocycles. The van der Waals surface area contributed by atoms with E-state index in [0.717, 1.165) is 44.5 Å². The molecule has 0 spiro atoms. The van der Waals surface area contributed by atoms with Gasteiger partial charge in [-0.15, -0.1) is 0 Å². The number of unbranched alkanes of at least 4 members (excludes halogenated alkanes) is 1. The van der Waals surface area contributed by atoms with Gasteiger partial charge in [0.2, 0.25) is 0 Å². The summed E-state index contributed by atoms with van der Waals surface area (Å²) in [6, 6.07) is 4.62. The van der Waals surface area contributed by atoms with Gasteiger partial charge in [0, 0.05) is 18.3 Å². The first-order chi connectivity index (χ1) is 9.72. The van der Waals surface area contributed by atoms with Gasteiger partial charge in [-0.3, -0.25) is 4.79 Å². The van der Waals surface area contributed by atoms with Gasteiger partial charge in [-0.05, 0) is 51.4 Å². The standard InChI is InChI=1S/C16H27N3O/c1-3-4-6-13(2)18-16(20)15-7-5-12-19(15)14-8-10-17-11-9-14/h5,7,12-14,17H,3-4,6,8-11H2,1-2H3,(H,18,20). The van der Waals surface area contributed by atoms with E-state index in [0.29, 0.717) is 6.04 Å². The number of piperidine rings is 1. The molecule has 0 aliphatic carbocycles. The lowest BCUT2D eigenvalue weighted by Crippen LogP contribution is -2.36. The SMILES string of the molecule is CCCCC(C)NC(=O)c1cccn1C1CCNCC1. The van der Waals surface area contributed by atoms with Crippen LogP contribution in [-0.4, -0.2) is 29.6 Å². The number of hydrogen-bond acceptors (Lipinski definition) is 2. The van der Waals surface area contributed by atoms with E-state index in [4.69, 9.17) is 0 Å². The van der Waals surface area contributed by atoms with Gasteiger partial charge in [0.15, 0.2) is 0 Å². The van der Waals surface area contributed by atoms with Crippen LogP contribution in [0.3, 0.4) is 0 Å². The molecule has 0 radical (unpaired) electrons. The number of hydrogen-bond donors (Lipinski definition) is 2. The Morgan fingerprint density at radius 1 is 1.50 bits per heavy atom. The minimum atomic E-state index is 0.0668. The zero-order chi connectivity index (χ0) is 14.4. The smallest absolute Gasteiger partial charge is 0.268 e. The van der Waals surface area contributed by atoms with Crippen LogP contribution >= 0.6 is 0 Å². The lowest BCUT2D eigenvalue weighted by Gasteiger charge is -2.26. The fourth-order valence-electron chi connectivity index (χ4n) is 2.87. The van der Waals surface area contributed by atoms with E-state index < -0.39 is 0 Å². The Balaban J connectivity index is 1.97. The summed E-state index contributed by atoms with van der Waals surface area (Å²) in [4.78, 5) is 12.4. The Morgan fingerprint density at radius 2 is 2.25 bits per heavy atom. The van der Waals surface area contributed by atoms with Crippen LogP contribution in [-0.2, 0) is 0 Å². The van der Waals surface area contributed by atoms with Crippen molar-refractivity contribution in [2.75, 3.05) is 13.1 Å². The zero-order valence-electron chi connectivity index (χ0n) is 12.7. The predicted octanol–water partition coefficient (Wildman–Crippen LogP) is 2.72. The van der Waals surface area contributed by atoms with E-state index in [9.17, 15) is 4.79 Å². The molecule has 1 unspecified atom stereocenters. The molecular weight excluding hydrogens is 250 g/mol. The molecule has 0 bridgehead atoms. The molecule has 2 N–H and O–H groups in total. The second kappa shape index (κ2) is 7.48. The van der Waals surface area contributed by atoms with Crippen LogP contribution in [0.4, 0.5) is 0 Å². The van der Waals surface area contributed by atoms with E-state index in [1.54, 1.807) is 0 Å². The Kier molecular flexibility index (Phi) is 5.65. The predicted molar refractivity (Wildman–Crippen MR) is 82.0 cm³/mol. The summed E-state index contributed by atoms with van der Waals surface area (Å²) in [5.74, 6) is 0.0668. The van der Waals surface area contributed by atoms with Crippen LogP contribution in [0.5, 0.6) is 0 Å². The summed E-state index contributed by atoms with van der Waals surface area (Å²) in [6.07, 6.45) is 7.63. The van der Waals surface area contributed by atoms with Crippen molar-refractivity contribution in [3.63, 3.8) is 0 Å². The van der Waals surface area contributed by atoms with Crippen LogP contribution in [0.1, 0.15) is 62.5 Å². The fourth-order valence-corrected chi connectivity index (χ4v) is 2.87. The van der Waals surface area contributed by atoms with Crippen molar-refractivity contribution in [1.29, 1.82) is 0 Å². The Morgan fingerprint density at radius 3 is 2.95 bits per heavy atom. The third-order valence-corrected chi connectivity index (χ3v) is 4.08. The van der Waals surface area contributed by atoms with Crippen molar-refractivity contribution in [1.82, 2.24) is 15.2 Å². The van der Waals surface area contributed by atoms with Crippen molar-refractivity contribution in [2.45, 2.75) is 58.0 Å². The molecule has 2 rings (SSSR count). The number of nitrogens with one attached hydrogen (secondary N) is 2. The monoisotopic (exact) mass is 277 g/mol. The normalized spacial score (nSPS) is 17.9. The van der Waals surface area contributed by atoms with Crippen molar-refractivity contribution < 1.29 is 4.79 Å². The maximum absolute atomic E-state index is 12.4. The summed E-state index contributed by atoms with van der Waals surface area (Å²) >= 11 is 0. The average Bonchev–Trinajstić information content (AvgIpc) is 2.95. The summed E-state index contributed by atoms with van der Waals surface area (Å²) in [6.45, 7) is 6.34. The Hall–Kier alpha value is -1.29. The highest BCUT2D eigenvalue weighted by Crippen LogP contribution is 2.21. The number of carbonyl (C=O) groups is 1. The third kappa shape index (κ3) is 3.85. The van der Waals surface area contributed by atoms with Gasteiger partial charge < -0.3 is 15.2 Å². The van der Waals surface area contributed by atoms with Gasteiger partial charge in [0.1, 0.15) is 5.69 Å². The molecule has 1 aliphatic heterocycles. The van der Waals surface area contributed by atoms with E-state index in [2.05, 4.69) is 29.0 Å². The first kappa shape index (κ1) is 15.1. The minimum absolute atomic E-state index is 0.0668. The summed E-state index contributed by atoms with van der Waals surface area (Å²) in [5, 5.41) is 6.49. The molecule has 4 nitrogen and oxygen atoms in total. The Labute approximate surface area is 121 Å². The van der Waals surface area contributed by atoms with E-state index in [1.807, 2.05) is 18.3 Å². The number of rotatable bonds is 6. The lowest BCUT2D eigenvalue weighted by atomic mass is 10.1.